The molecule has 70 valence electrons. The average Bonchev–Trinajstić information content (AvgIpc) is 2.06. The Kier molecular flexibility index (Phi) is 3.49. The van der Waals surface area contributed by atoms with Gasteiger partial charge in [0.15, 0.2) is 0 Å². The number of hydrogen-bond acceptors (Lipinski definition) is 3. The minimum atomic E-state index is -0.451. The first-order valence-corrected chi connectivity index (χ1v) is 4.45. The standard InChI is InChI=1S/C8H17N3O/c9-7(8(10)12)5-6-1-3-11-4-2-6/h6-7,11H,1-5,9H2,(H2,10,12)/t7-/m0/s1. The average molecular weight is 171 g/mol. The van der Waals surface area contributed by atoms with Crippen molar-refractivity contribution in [3.05, 3.63) is 0 Å². The van der Waals surface area contributed by atoms with Crippen LogP contribution in [0.25, 0.3) is 0 Å². The summed E-state index contributed by atoms with van der Waals surface area (Å²) >= 11 is 0. The van der Waals surface area contributed by atoms with Crippen LogP contribution >= 0.6 is 0 Å². The van der Waals surface area contributed by atoms with Crippen molar-refractivity contribution in [2.45, 2.75) is 25.3 Å². The Labute approximate surface area is 72.7 Å². The lowest BCUT2D eigenvalue weighted by molar-refractivity contribution is -0.119. The second-order valence-corrected chi connectivity index (χ2v) is 3.44. The summed E-state index contributed by atoms with van der Waals surface area (Å²) in [6.45, 7) is 2.08. The number of primary amides is 1. The van der Waals surface area contributed by atoms with Crippen LogP contribution in [0.5, 0.6) is 0 Å². The monoisotopic (exact) mass is 171 g/mol. The first-order chi connectivity index (χ1) is 5.70. The van der Waals surface area contributed by atoms with Crippen LogP contribution in [0.1, 0.15) is 19.3 Å². The molecule has 0 spiro atoms. The van der Waals surface area contributed by atoms with Crippen LogP contribution < -0.4 is 16.8 Å². The van der Waals surface area contributed by atoms with Crippen LogP contribution in [-0.2, 0) is 4.79 Å². The lowest BCUT2D eigenvalue weighted by Gasteiger charge is -2.23. The summed E-state index contributed by atoms with van der Waals surface area (Å²) in [5.74, 6) is 0.197. The Morgan fingerprint density at radius 3 is 2.58 bits per heavy atom. The topological polar surface area (TPSA) is 81.1 Å². The third kappa shape index (κ3) is 2.79. The molecule has 1 aliphatic heterocycles. The maximum Gasteiger partial charge on any atom is 0.234 e. The molecule has 1 aliphatic rings. The zero-order valence-corrected chi connectivity index (χ0v) is 7.25. The van der Waals surface area contributed by atoms with Crippen LogP contribution in [0.4, 0.5) is 0 Å². The summed E-state index contributed by atoms with van der Waals surface area (Å²) in [6, 6.07) is -0.451. The Bertz CT molecular complexity index is 154. The highest BCUT2D eigenvalue weighted by Gasteiger charge is 2.18. The van der Waals surface area contributed by atoms with Crippen LogP contribution in [0.15, 0.2) is 0 Å². The summed E-state index contributed by atoms with van der Waals surface area (Å²) in [7, 11) is 0. The first kappa shape index (κ1) is 9.48. The van der Waals surface area contributed by atoms with E-state index in [-0.39, 0.29) is 5.91 Å². The highest BCUT2D eigenvalue weighted by atomic mass is 16.1. The minimum absolute atomic E-state index is 0.381. The van der Waals surface area contributed by atoms with Gasteiger partial charge in [-0.25, -0.2) is 0 Å². The Hall–Kier alpha value is -0.610. The molecule has 1 rings (SSSR count). The highest BCUT2D eigenvalue weighted by molar-refractivity contribution is 5.79. The van der Waals surface area contributed by atoms with E-state index < -0.39 is 6.04 Å². The van der Waals surface area contributed by atoms with Crippen molar-refractivity contribution in [3.8, 4) is 0 Å². The molecule has 0 aliphatic carbocycles. The van der Waals surface area contributed by atoms with E-state index >= 15 is 0 Å². The number of amides is 1. The smallest absolute Gasteiger partial charge is 0.234 e. The van der Waals surface area contributed by atoms with E-state index in [9.17, 15) is 4.79 Å². The van der Waals surface area contributed by atoms with Gasteiger partial charge in [0, 0.05) is 0 Å². The lowest BCUT2D eigenvalue weighted by atomic mass is 9.91. The van der Waals surface area contributed by atoms with Gasteiger partial charge in [-0.3, -0.25) is 4.79 Å². The molecule has 1 atom stereocenters. The zero-order chi connectivity index (χ0) is 8.97. The van der Waals surface area contributed by atoms with Crippen molar-refractivity contribution in [1.82, 2.24) is 5.32 Å². The van der Waals surface area contributed by atoms with Gasteiger partial charge < -0.3 is 16.8 Å². The molecule has 4 heteroatoms. The molecule has 0 aromatic heterocycles. The molecule has 0 aromatic carbocycles. The van der Waals surface area contributed by atoms with E-state index in [1.807, 2.05) is 0 Å². The predicted molar refractivity (Wildman–Crippen MR) is 47.4 cm³/mol. The molecule has 0 aromatic rings. The number of carbonyl (C=O) groups excluding carboxylic acids is 1. The molecular weight excluding hydrogens is 154 g/mol. The zero-order valence-electron chi connectivity index (χ0n) is 7.25. The second kappa shape index (κ2) is 4.42. The van der Waals surface area contributed by atoms with Gasteiger partial charge in [-0.2, -0.15) is 0 Å². The van der Waals surface area contributed by atoms with Gasteiger partial charge >= 0.3 is 0 Å². The fourth-order valence-corrected chi connectivity index (χ4v) is 1.59. The minimum Gasteiger partial charge on any atom is -0.368 e. The maximum atomic E-state index is 10.7. The van der Waals surface area contributed by atoms with Gasteiger partial charge in [-0.05, 0) is 38.3 Å². The molecule has 1 fully saturated rings. The van der Waals surface area contributed by atoms with Gasteiger partial charge in [0.2, 0.25) is 5.91 Å². The number of rotatable bonds is 3. The van der Waals surface area contributed by atoms with Crippen molar-refractivity contribution in [3.63, 3.8) is 0 Å². The van der Waals surface area contributed by atoms with Crippen molar-refractivity contribution < 1.29 is 4.79 Å². The summed E-state index contributed by atoms with van der Waals surface area (Å²) < 4.78 is 0. The Morgan fingerprint density at radius 1 is 1.50 bits per heavy atom. The lowest BCUT2D eigenvalue weighted by Crippen LogP contribution is -2.40. The van der Waals surface area contributed by atoms with Crippen LogP contribution in [0.2, 0.25) is 0 Å². The van der Waals surface area contributed by atoms with Crippen molar-refractivity contribution in [2.75, 3.05) is 13.1 Å². The number of hydrogen-bond donors (Lipinski definition) is 3. The van der Waals surface area contributed by atoms with E-state index in [1.54, 1.807) is 0 Å². The van der Waals surface area contributed by atoms with E-state index in [1.165, 1.54) is 0 Å². The largest absolute Gasteiger partial charge is 0.368 e. The number of piperidine rings is 1. The third-order valence-electron chi connectivity index (χ3n) is 2.41. The fraction of sp³-hybridized carbons (Fsp3) is 0.875. The Morgan fingerprint density at radius 2 is 2.08 bits per heavy atom. The van der Waals surface area contributed by atoms with Gasteiger partial charge in [0.1, 0.15) is 0 Å². The number of carbonyl (C=O) groups is 1. The molecule has 0 saturated carbocycles. The van der Waals surface area contributed by atoms with Crippen LogP contribution in [0.3, 0.4) is 0 Å². The van der Waals surface area contributed by atoms with Crippen molar-refractivity contribution in [1.29, 1.82) is 0 Å². The SMILES string of the molecule is NC(=O)[C@@H](N)CC1CCNCC1. The van der Waals surface area contributed by atoms with Crippen LogP contribution in [-0.4, -0.2) is 25.0 Å². The number of nitrogens with one attached hydrogen (secondary N) is 1. The maximum absolute atomic E-state index is 10.7. The Balaban J connectivity index is 2.24. The van der Waals surface area contributed by atoms with E-state index in [4.69, 9.17) is 11.5 Å². The van der Waals surface area contributed by atoms with E-state index in [0.29, 0.717) is 5.92 Å². The molecule has 5 N–H and O–H groups in total. The predicted octanol–water partition coefficient (Wildman–Crippen LogP) is -0.811. The highest BCUT2D eigenvalue weighted by Crippen LogP contribution is 2.16. The molecule has 1 heterocycles. The molecule has 4 nitrogen and oxygen atoms in total. The van der Waals surface area contributed by atoms with Gasteiger partial charge in [-0.15, -0.1) is 0 Å². The quantitative estimate of drug-likeness (QED) is 0.519. The molecule has 12 heavy (non-hydrogen) atoms. The summed E-state index contributed by atoms with van der Waals surface area (Å²) in [5, 5.41) is 3.26. The summed E-state index contributed by atoms with van der Waals surface area (Å²) in [6.07, 6.45) is 2.97. The molecular formula is C8H17N3O. The molecule has 0 bridgehead atoms. The number of nitrogens with two attached hydrogens (primary N) is 2. The van der Waals surface area contributed by atoms with E-state index in [0.717, 1.165) is 32.4 Å². The van der Waals surface area contributed by atoms with Gasteiger partial charge in [-0.1, -0.05) is 0 Å². The normalized spacial score (nSPS) is 22.1. The second-order valence-electron chi connectivity index (χ2n) is 3.44. The molecule has 0 radical (unpaired) electrons. The summed E-state index contributed by atoms with van der Waals surface area (Å²) in [5.41, 5.74) is 10.6. The third-order valence-corrected chi connectivity index (χ3v) is 2.41. The molecule has 1 saturated heterocycles. The van der Waals surface area contributed by atoms with E-state index in [2.05, 4.69) is 5.32 Å². The summed E-state index contributed by atoms with van der Waals surface area (Å²) in [4.78, 5) is 10.7. The first-order valence-electron chi connectivity index (χ1n) is 4.45. The van der Waals surface area contributed by atoms with Gasteiger partial charge in [0.25, 0.3) is 0 Å². The van der Waals surface area contributed by atoms with Crippen LogP contribution in [0, 0.1) is 5.92 Å². The van der Waals surface area contributed by atoms with Gasteiger partial charge in [0.05, 0.1) is 6.04 Å². The fourth-order valence-electron chi connectivity index (χ4n) is 1.59. The van der Waals surface area contributed by atoms with Crippen molar-refractivity contribution in [2.24, 2.45) is 17.4 Å². The van der Waals surface area contributed by atoms with Crippen molar-refractivity contribution >= 4 is 5.91 Å². The molecule has 0 unspecified atom stereocenters. The molecule has 1 amide bonds.